The van der Waals surface area contributed by atoms with Crippen LogP contribution in [-0.2, 0) is 11.2 Å². The summed E-state index contributed by atoms with van der Waals surface area (Å²) < 4.78 is 0. The van der Waals surface area contributed by atoms with Gasteiger partial charge in [-0.3, -0.25) is 9.59 Å². The molecular weight excluding hydrogens is 214 g/mol. The highest BCUT2D eigenvalue weighted by Crippen LogP contribution is 2.30. The zero-order chi connectivity index (χ0) is 12.8. The van der Waals surface area contributed by atoms with E-state index in [1.807, 2.05) is 39.0 Å². The van der Waals surface area contributed by atoms with E-state index in [-0.39, 0.29) is 17.1 Å². The highest BCUT2D eigenvalue weighted by Gasteiger charge is 2.27. The van der Waals surface area contributed by atoms with Crippen LogP contribution in [0.25, 0.3) is 0 Å². The summed E-state index contributed by atoms with van der Waals surface area (Å²) in [5.41, 5.74) is 2.18. The summed E-state index contributed by atoms with van der Waals surface area (Å²) in [6, 6.07) is 5.52. The van der Waals surface area contributed by atoms with Crippen molar-refractivity contribution in [2.75, 3.05) is 11.9 Å². The quantitative estimate of drug-likeness (QED) is 0.696. The molecule has 17 heavy (non-hydrogen) atoms. The maximum Gasteiger partial charge on any atom is 0.231 e. The minimum absolute atomic E-state index is 0.0837. The molecule has 1 aliphatic heterocycles. The normalized spacial score (nSPS) is 15.1. The van der Waals surface area contributed by atoms with Crippen LogP contribution in [0, 0.1) is 5.41 Å². The van der Waals surface area contributed by atoms with Gasteiger partial charge in [0.1, 0.15) is 0 Å². The number of likely N-dealkylation sites (N-methyl/N-ethyl adjacent to an activating group) is 1. The number of benzene rings is 1. The maximum absolute atomic E-state index is 12.1. The minimum Gasteiger partial charge on any atom is -0.315 e. The number of hydrogen-bond acceptors (Lipinski definition) is 2. The van der Waals surface area contributed by atoms with Crippen LogP contribution < -0.4 is 4.90 Å². The number of fused-ring (bicyclic) bond motifs is 1. The van der Waals surface area contributed by atoms with E-state index in [9.17, 15) is 9.59 Å². The summed E-state index contributed by atoms with van der Waals surface area (Å²) in [5, 5.41) is 0. The third kappa shape index (κ3) is 1.97. The Hall–Kier alpha value is -1.64. The van der Waals surface area contributed by atoms with E-state index in [1.54, 1.807) is 11.9 Å². The molecular formula is C14H17NO2. The Labute approximate surface area is 101 Å². The van der Waals surface area contributed by atoms with Crippen LogP contribution in [0.4, 0.5) is 5.69 Å². The number of carbonyl (C=O) groups excluding carboxylic acids is 2. The molecule has 0 saturated carbocycles. The second kappa shape index (κ2) is 3.69. The molecule has 1 amide bonds. The van der Waals surface area contributed by atoms with Crippen molar-refractivity contribution in [3.63, 3.8) is 0 Å². The van der Waals surface area contributed by atoms with Crippen LogP contribution in [-0.4, -0.2) is 18.7 Å². The van der Waals surface area contributed by atoms with Gasteiger partial charge in [0.15, 0.2) is 5.78 Å². The number of carbonyl (C=O) groups is 2. The molecule has 0 radical (unpaired) electrons. The molecule has 1 aliphatic rings. The average Bonchev–Trinajstić information content (AvgIpc) is 2.52. The highest BCUT2D eigenvalue weighted by molar-refractivity contribution is 6.04. The van der Waals surface area contributed by atoms with E-state index in [4.69, 9.17) is 0 Å². The summed E-state index contributed by atoms with van der Waals surface area (Å²) >= 11 is 0. The molecule has 0 saturated heterocycles. The maximum atomic E-state index is 12.1. The Balaban J connectivity index is 2.40. The molecule has 0 aromatic heterocycles. The van der Waals surface area contributed by atoms with E-state index in [0.29, 0.717) is 12.0 Å². The highest BCUT2D eigenvalue weighted by atomic mass is 16.2. The Bertz CT molecular complexity index is 497. The predicted octanol–water partition coefficient (Wildman–Crippen LogP) is 2.43. The minimum atomic E-state index is -0.386. The van der Waals surface area contributed by atoms with Crippen molar-refractivity contribution in [3.05, 3.63) is 29.3 Å². The van der Waals surface area contributed by atoms with Crippen molar-refractivity contribution in [2.24, 2.45) is 5.41 Å². The second-order valence-electron chi connectivity index (χ2n) is 5.55. The van der Waals surface area contributed by atoms with Crippen molar-refractivity contribution in [2.45, 2.75) is 27.2 Å². The molecule has 2 rings (SSSR count). The van der Waals surface area contributed by atoms with Gasteiger partial charge in [-0.25, -0.2) is 0 Å². The fraction of sp³-hybridized carbons (Fsp3) is 0.429. The monoisotopic (exact) mass is 231 g/mol. The lowest BCUT2D eigenvalue weighted by molar-refractivity contribution is -0.117. The fourth-order valence-electron chi connectivity index (χ4n) is 2.04. The summed E-state index contributed by atoms with van der Waals surface area (Å²) in [5.74, 6) is 0.197. The lowest BCUT2D eigenvalue weighted by Crippen LogP contribution is -2.21. The number of nitrogens with zero attached hydrogens (tertiary/aromatic N) is 1. The van der Waals surface area contributed by atoms with E-state index in [0.717, 1.165) is 11.3 Å². The van der Waals surface area contributed by atoms with Gasteiger partial charge >= 0.3 is 0 Å². The first kappa shape index (κ1) is 11.8. The summed E-state index contributed by atoms with van der Waals surface area (Å²) in [6.45, 7) is 5.71. The zero-order valence-electron chi connectivity index (χ0n) is 10.7. The number of anilines is 1. The van der Waals surface area contributed by atoms with Crippen molar-refractivity contribution in [3.8, 4) is 0 Å². The van der Waals surface area contributed by atoms with Gasteiger partial charge in [-0.2, -0.15) is 0 Å². The predicted molar refractivity (Wildman–Crippen MR) is 67.3 cm³/mol. The topological polar surface area (TPSA) is 37.4 Å². The third-order valence-electron chi connectivity index (χ3n) is 3.10. The summed E-state index contributed by atoms with van der Waals surface area (Å²) in [4.78, 5) is 25.3. The van der Waals surface area contributed by atoms with Crippen LogP contribution in [0.2, 0.25) is 0 Å². The van der Waals surface area contributed by atoms with E-state index in [2.05, 4.69) is 0 Å². The number of Topliss-reactive ketones (excluding diaryl/α,β-unsaturated/α-hetero) is 1. The first-order valence-corrected chi connectivity index (χ1v) is 5.75. The van der Waals surface area contributed by atoms with Crippen molar-refractivity contribution in [1.82, 2.24) is 0 Å². The number of hydrogen-bond donors (Lipinski definition) is 0. The van der Waals surface area contributed by atoms with Crippen molar-refractivity contribution in [1.29, 1.82) is 0 Å². The molecule has 1 heterocycles. The van der Waals surface area contributed by atoms with Gasteiger partial charge in [0.25, 0.3) is 0 Å². The molecule has 0 N–H and O–H groups in total. The summed E-state index contributed by atoms with van der Waals surface area (Å²) in [6.07, 6.45) is 0.400. The lowest BCUT2D eigenvalue weighted by atomic mass is 9.86. The Morgan fingerprint density at radius 1 is 1.29 bits per heavy atom. The van der Waals surface area contributed by atoms with Gasteiger partial charge in [0.05, 0.1) is 6.42 Å². The Kier molecular flexibility index (Phi) is 2.57. The third-order valence-corrected chi connectivity index (χ3v) is 3.10. The molecule has 3 nitrogen and oxygen atoms in total. The zero-order valence-corrected chi connectivity index (χ0v) is 10.7. The van der Waals surface area contributed by atoms with E-state index >= 15 is 0 Å². The number of ketones is 1. The molecule has 1 aromatic carbocycles. The van der Waals surface area contributed by atoms with Crippen LogP contribution >= 0.6 is 0 Å². The molecule has 0 bridgehead atoms. The molecule has 0 atom stereocenters. The number of amides is 1. The van der Waals surface area contributed by atoms with Crippen LogP contribution in [0.1, 0.15) is 36.7 Å². The Morgan fingerprint density at radius 3 is 2.53 bits per heavy atom. The van der Waals surface area contributed by atoms with Gasteiger partial charge in [-0.05, 0) is 23.8 Å². The standard InChI is InChI=1S/C14H17NO2/c1-14(2,3)13(17)9-5-6-11-10(7-9)8-12(16)15(11)4/h5-7H,8H2,1-4H3. The Morgan fingerprint density at radius 2 is 1.94 bits per heavy atom. The van der Waals surface area contributed by atoms with E-state index in [1.165, 1.54) is 0 Å². The first-order valence-electron chi connectivity index (χ1n) is 5.75. The largest absolute Gasteiger partial charge is 0.315 e. The second-order valence-corrected chi connectivity index (χ2v) is 5.55. The average molecular weight is 231 g/mol. The molecule has 0 spiro atoms. The smallest absolute Gasteiger partial charge is 0.231 e. The van der Waals surface area contributed by atoms with Gasteiger partial charge in [0, 0.05) is 23.7 Å². The van der Waals surface area contributed by atoms with Crippen LogP contribution in [0.5, 0.6) is 0 Å². The molecule has 3 heteroatoms. The van der Waals surface area contributed by atoms with Gasteiger partial charge in [-0.1, -0.05) is 20.8 Å². The van der Waals surface area contributed by atoms with Crippen LogP contribution in [0.3, 0.4) is 0 Å². The molecule has 0 aliphatic carbocycles. The molecule has 0 unspecified atom stereocenters. The molecule has 1 aromatic rings. The number of rotatable bonds is 1. The lowest BCUT2D eigenvalue weighted by Gasteiger charge is -2.17. The van der Waals surface area contributed by atoms with E-state index < -0.39 is 0 Å². The molecule has 0 fully saturated rings. The fourth-order valence-corrected chi connectivity index (χ4v) is 2.04. The van der Waals surface area contributed by atoms with Crippen molar-refractivity contribution < 1.29 is 9.59 Å². The SMILES string of the molecule is CN1C(=O)Cc2cc(C(=O)C(C)(C)C)ccc21. The molecule has 90 valence electrons. The van der Waals surface area contributed by atoms with Crippen molar-refractivity contribution >= 4 is 17.4 Å². The van der Waals surface area contributed by atoms with Crippen LogP contribution in [0.15, 0.2) is 18.2 Å². The van der Waals surface area contributed by atoms with Gasteiger partial charge in [0.2, 0.25) is 5.91 Å². The summed E-state index contributed by atoms with van der Waals surface area (Å²) in [7, 11) is 1.76. The first-order chi connectivity index (χ1) is 7.80. The van der Waals surface area contributed by atoms with Gasteiger partial charge in [-0.15, -0.1) is 0 Å². The van der Waals surface area contributed by atoms with Gasteiger partial charge < -0.3 is 4.90 Å².